The van der Waals surface area contributed by atoms with Gasteiger partial charge in [-0.2, -0.15) is 10.5 Å². The van der Waals surface area contributed by atoms with Crippen LogP contribution in [0.5, 0.6) is 0 Å². The van der Waals surface area contributed by atoms with Gasteiger partial charge in [-0.25, -0.2) is 18.7 Å². The average Bonchev–Trinajstić information content (AvgIpc) is 4.11. The molecule has 4 atom stereocenters. The van der Waals surface area contributed by atoms with Crippen LogP contribution in [0.25, 0.3) is 11.4 Å². The van der Waals surface area contributed by atoms with Crippen LogP contribution in [0.4, 0.5) is 14.6 Å². The minimum Gasteiger partial charge on any atom is -0.353 e. The van der Waals surface area contributed by atoms with Crippen LogP contribution in [0.1, 0.15) is 60.5 Å². The average molecular weight is 817 g/mol. The van der Waals surface area contributed by atoms with Gasteiger partial charge in [0.15, 0.2) is 11.6 Å². The lowest BCUT2D eigenvalue weighted by molar-refractivity contribution is 0.157. The Bertz CT molecular complexity index is 2460. The maximum Gasteiger partial charge on any atom is 0.192 e. The summed E-state index contributed by atoms with van der Waals surface area (Å²) < 4.78 is 26.8. The third-order valence-corrected chi connectivity index (χ3v) is 11.2. The van der Waals surface area contributed by atoms with Crippen LogP contribution < -0.4 is 10.2 Å². The van der Waals surface area contributed by atoms with E-state index in [0.29, 0.717) is 40.4 Å². The number of fused-ring (bicyclic) bond motifs is 2. The van der Waals surface area contributed by atoms with Gasteiger partial charge in [-0.3, -0.25) is 9.80 Å². The first-order valence-corrected chi connectivity index (χ1v) is 19.7. The van der Waals surface area contributed by atoms with Crippen molar-refractivity contribution in [1.29, 1.82) is 10.5 Å². The van der Waals surface area contributed by atoms with Gasteiger partial charge in [0, 0.05) is 75.9 Å². The van der Waals surface area contributed by atoms with Crippen molar-refractivity contribution in [2.24, 2.45) is 0 Å². The highest BCUT2D eigenvalue weighted by molar-refractivity contribution is 6.30. The third-order valence-electron chi connectivity index (χ3n) is 10.9. The fourth-order valence-electron chi connectivity index (χ4n) is 8.11. The number of tetrazole rings is 2. The van der Waals surface area contributed by atoms with Gasteiger partial charge < -0.3 is 10.2 Å². The van der Waals surface area contributed by atoms with E-state index in [1.54, 1.807) is 60.9 Å². The zero-order valence-electron chi connectivity index (χ0n) is 31.8. The maximum atomic E-state index is 13.5. The number of nitrogens with zero attached hydrogens (tertiary/aromatic N) is 15. The highest BCUT2D eigenvalue weighted by Gasteiger charge is 2.41. The summed E-state index contributed by atoms with van der Waals surface area (Å²) in [7, 11) is 0. The Hall–Kier alpha value is -6.31. The van der Waals surface area contributed by atoms with Crippen molar-refractivity contribution in [3.8, 4) is 23.5 Å². The normalized spacial score (nSPS) is 21.2. The maximum absolute atomic E-state index is 13.5. The second-order valence-corrected chi connectivity index (χ2v) is 14.8. The molecular formula is C40H39ClF2N16. The Morgan fingerprint density at radius 2 is 1.27 bits per heavy atom. The Kier molecular flexibility index (Phi) is 12.1. The predicted molar refractivity (Wildman–Crippen MR) is 211 cm³/mol. The molecule has 4 aliphatic heterocycles. The van der Waals surface area contributed by atoms with Crippen molar-refractivity contribution < 1.29 is 8.78 Å². The first-order chi connectivity index (χ1) is 28.9. The molecule has 1 N–H and O–H groups in total. The summed E-state index contributed by atoms with van der Waals surface area (Å²) in [5.41, 5.74) is 2.18. The van der Waals surface area contributed by atoms with E-state index in [0.717, 1.165) is 76.6 Å². The number of nitriles is 2. The number of piperazine rings is 2. The first-order valence-electron chi connectivity index (χ1n) is 19.3. The highest BCUT2D eigenvalue weighted by atomic mass is 35.5. The van der Waals surface area contributed by atoms with Crippen molar-refractivity contribution in [1.82, 2.24) is 65.5 Å². The molecule has 0 aliphatic carbocycles. The van der Waals surface area contributed by atoms with Crippen LogP contribution in [0, 0.1) is 34.3 Å². The largest absolute Gasteiger partial charge is 0.353 e. The van der Waals surface area contributed by atoms with Gasteiger partial charge in [0.1, 0.15) is 34.7 Å². The van der Waals surface area contributed by atoms with Crippen molar-refractivity contribution in [3.05, 3.63) is 125 Å². The first kappa shape index (κ1) is 39.5. The monoisotopic (exact) mass is 816 g/mol. The van der Waals surface area contributed by atoms with Gasteiger partial charge in [-0.05, 0) is 84.6 Å². The molecular weight excluding hydrogens is 778 g/mol. The Morgan fingerprint density at radius 1 is 0.678 bits per heavy atom. The fraction of sp³-hybridized carbons (Fsp3) is 0.350. The van der Waals surface area contributed by atoms with Crippen LogP contribution in [0.15, 0.2) is 85.2 Å². The van der Waals surface area contributed by atoms with E-state index in [9.17, 15) is 14.0 Å². The molecule has 4 saturated heterocycles. The number of benzene rings is 2. The SMILES string of the molecule is Fc1cccc(-n2nnc([C@H]3CC[C@H]4CNCCN43)n2)c1.N#Cc1cccnc1Cl.N#Cc1cccnc1N1CCN2[C@@H](CC[C@@H]2c2nnn(-c3cccc(F)c3)n2)C1. The number of nitrogens with one attached hydrogen (secondary N) is 1. The summed E-state index contributed by atoms with van der Waals surface area (Å²) in [4.78, 5) is 18.0. The Morgan fingerprint density at radius 3 is 1.86 bits per heavy atom. The van der Waals surface area contributed by atoms with E-state index in [1.807, 2.05) is 6.07 Å². The number of pyridine rings is 2. The van der Waals surface area contributed by atoms with E-state index >= 15 is 0 Å². The van der Waals surface area contributed by atoms with Gasteiger partial charge in [0.2, 0.25) is 0 Å². The van der Waals surface area contributed by atoms with E-state index < -0.39 is 0 Å². The van der Waals surface area contributed by atoms with Crippen molar-refractivity contribution in [2.45, 2.75) is 49.9 Å². The zero-order chi connectivity index (χ0) is 40.7. The van der Waals surface area contributed by atoms with Crippen molar-refractivity contribution in [3.63, 3.8) is 0 Å². The molecule has 4 fully saturated rings. The van der Waals surface area contributed by atoms with Gasteiger partial charge in [0.25, 0.3) is 0 Å². The van der Waals surface area contributed by atoms with Crippen LogP contribution in [-0.2, 0) is 0 Å². The summed E-state index contributed by atoms with van der Waals surface area (Å²) in [5.74, 6) is 1.54. The lowest BCUT2D eigenvalue weighted by Crippen LogP contribution is -2.51. The van der Waals surface area contributed by atoms with Crippen molar-refractivity contribution in [2.75, 3.05) is 44.2 Å². The second kappa shape index (κ2) is 18.1. The molecule has 0 radical (unpaired) electrons. The molecule has 8 heterocycles. The summed E-state index contributed by atoms with van der Waals surface area (Å²) in [5, 5.41) is 47.0. The van der Waals surface area contributed by atoms with Crippen LogP contribution >= 0.6 is 11.6 Å². The lowest BCUT2D eigenvalue weighted by atomic mass is 10.1. The molecule has 2 aromatic carbocycles. The molecule has 16 nitrogen and oxygen atoms in total. The van der Waals surface area contributed by atoms with E-state index in [2.05, 4.69) is 66.9 Å². The minimum atomic E-state index is -0.329. The molecule has 4 aromatic heterocycles. The summed E-state index contributed by atoms with van der Waals surface area (Å²) in [6, 6.07) is 24.7. The van der Waals surface area contributed by atoms with Crippen LogP contribution in [-0.4, -0.2) is 112 Å². The highest BCUT2D eigenvalue weighted by Crippen LogP contribution is 2.38. The minimum absolute atomic E-state index is 0.101. The van der Waals surface area contributed by atoms with E-state index in [1.165, 1.54) is 33.9 Å². The van der Waals surface area contributed by atoms with Gasteiger partial charge in [-0.1, -0.05) is 23.7 Å². The molecule has 19 heteroatoms. The zero-order valence-corrected chi connectivity index (χ0v) is 32.6. The van der Waals surface area contributed by atoms with E-state index in [4.69, 9.17) is 16.9 Å². The number of hydrogen-bond acceptors (Lipinski definition) is 14. The van der Waals surface area contributed by atoms with Crippen molar-refractivity contribution >= 4 is 17.4 Å². The molecule has 0 unspecified atom stereocenters. The fourth-order valence-corrected chi connectivity index (χ4v) is 8.28. The summed E-state index contributed by atoms with van der Waals surface area (Å²) in [6.45, 7) is 5.51. The molecule has 0 saturated carbocycles. The number of rotatable bonds is 5. The molecule has 10 rings (SSSR count). The third kappa shape index (κ3) is 8.91. The quantitative estimate of drug-likeness (QED) is 0.238. The number of anilines is 1. The van der Waals surface area contributed by atoms with Gasteiger partial charge >= 0.3 is 0 Å². The molecule has 6 aromatic rings. The Balaban J connectivity index is 0.000000140. The topological polar surface area (TPSA) is 182 Å². The summed E-state index contributed by atoms with van der Waals surface area (Å²) in [6.07, 6.45) is 7.45. The molecule has 59 heavy (non-hydrogen) atoms. The van der Waals surface area contributed by atoms with Gasteiger partial charge in [0.05, 0.1) is 34.6 Å². The predicted octanol–water partition coefficient (Wildman–Crippen LogP) is 4.61. The molecule has 300 valence electrons. The second-order valence-electron chi connectivity index (χ2n) is 14.4. The van der Waals surface area contributed by atoms with E-state index in [-0.39, 0.29) is 28.9 Å². The van der Waals surface area contributed by atoms with Crippen LogP contribution in [0.3, 0.4) is 0 Å². The van der Waals surface area contributed by atoms with Crippen LogP contribution in [0.2, 0.25) is 5.15 Å². The number of halogens is 3. The standard InChI is InChI=1S/C20H19FN8.C14H17FN6.C6H3ClN2/c21-15-4-1-5-16(11-15)29-25-19(24-26-29)18-7-6-17-13-27(9-10-28(17)18)20-14(12-22)3-2-8-23-20;15-10-2-1-3-11(8-10)21-18-14(17-19-21)13-5-4-12-9-16-6-7-20(12)13;7-6-5(4-8)2-1-3-9-6/h1-5,8,11,17-18H,6-7,9-10,13H2;1-3,8,12-13,16H,4-7,9H2;1-3H/t17-,18+;12-,13+;/m00./s1. The Labute approximate surface area is 343 Å². The molecule has 0 amide bonds. The molecule has 0 bridgehead atoms. The molecule has 4 aliphatic rings. The number of hydrogen-bond donors (Lipinski definition) is 1. The lowest BCUT2D eigenvalue weighted by Gasteiger charge is -2.40. The number of aromatic nitrogens is 10. The van der Waals surface area contributed by atoms with Gasteiger partial charge in [-0.15, -0.1) is 30.0 Å². The molecule has 0 spiro atoms. The summed E-state index contributed by atoms with van der Waals surface area (Å²) >= 11 is 5.49. The smallest absolute Gasteiger partial charge is 0.192 e.